The minimum absolute atomic E-state index is 0.0571. The van der Waals surface area contributed by atoms with E-state index >= 15 is 0 Å². The summed E-state index contributed by atoms with van der Waals surface area (Å²) < 4.78 is 21.6. The van der Waals surface area contributed by atoms with Gasteiger partial charge in [-0.3, -0.25) is 9.88 Å². The van der Waals surface area contributed by atoms with Gasteiger partial charge in [-0.15, -0.1) is 0 Å². The molecule has 0 amide bonds. The number of aromatic nitrogens is 5. The van der Waals surface area contributed by atoms with Gasteiger partial charge in [0.15, 0.2) is 17.0 Å². The lowest BCUT2D eigenvalue weighted by Crippen LogP contribution is -2.37. The third-order valence-corrected chi connectivity index (χ3v) is 5.76. The van der Waals surface area contributed by atoms with Crippen LogP contribution >= 0.6 is 0 Å². The summed E-state index contributed by atoms with van der Waals surface area (Å²) in [5.74, 6) is 1.39. The van der Waals surface area contributed by atoms with Gasteiger partial charge < -0.3 is 14.2 Å². The van der Waals surface area contributed by atoms with Crippen LogP contribution < -0.4 is 4.90 Å². The van der Waals surface area contributed by atoms with Crippen LogP contribution in [0.2, 0.25) is 0 Å². The number of imidazole rings is 1. The fraction of sp³-hybridized carbons (Fsp3) is 0.500. The number of pyridine rings is 1. The molecule has 3 aromatic heterocycles. The van der Waals surface area contributed by atoms with Crippen molar-refractivity contribution in [2.24, 2.45) is 7.05 Å². The molecule has 2 aliphatic rings. The zero-order chi connectivity index (χ0) is 19.8. The number of halogens is 1. The van der Waals surface area contributed by atoms with Crippen LogP contribution in [0.4, 0.5) is 10.2 Å². The topological polar surface area (TPSA) is 72.2 Å². The summed E-state index contributed by atoms with van der Waals surface area (Å²) >= 11 is 0. The van der Waals surface area contributed by atoms with Crippen LogP contribution in [0.3, 0.4) is 0 Å². The van der Waals surface area contributed by atoms with Crippen LogP contribution in [0.15, 0.2) is 24.8 Å². The number of fused-ring (bicyclic) bond motifs is 1. The molecule has 1 atom stereocenters. The average molecular weight is 397 g/mol. The van der Waals surface area contributed by atoms with Gasteiger partial charge in [-0.1, -0.05) is 0 Å². The molecular weight excluding hydrogens is 373 g/mol. The lowest BCUT2D eigenvalue weighted by atomic mass is 10.1. The molecule has 29 heavy (non-hydrogen) atoms. The molecule has 9 heteroatoms. The van der Waals surface area contributed by atoms with Crippen molar-refractivity contribution in [3.05, 3.63) is 42.0 Å². The number of aryl methyl sites for hydroxylation is 1. The van der Waals surface area contributed by atoms with E-state index in [4.69, 9.17) is 14.7 Å². The van der Waals surface area contributed by atoms with Crippen molar-refractivity contribution in [2.75, 3.05) is 37.7 Å². The van der Waals surface area contributed by atoms with Crippen molar-refractivity contribution in [1.29, 1.82) is 0 Å². The largest absolute Gasteiger partial charge is 0.378 e. The predicted octanol–water partition coefficient (Wildman–Crippen LogP) is 2.07. The van der Waals surface area contributed by atoms with Gasteiger partial charge in [0.2, 0.25) is 0 Å². The van der Waals surface area contributed by atoms with Gasteiger partial charge >= 0.3 is 0 Å². The first-order valence-electron chi connectivity index (χ1n) is 10.0. The smallest absolute Gasteiger partial charge is 0.165 e. The Morgan fingerprint density at radius 2 is 2.07 bits per heavy atom. The molecule has 0 bridgehead atoms. The summed E-state index contributed by atoms with van der Waals surface area (Å²) in [6, 6.07) is 1.80. The Balaban J connectivity index is 1.51. The summed E-state index contributed by atoms with van der Waals surface area (Å²) in [5.41, 5.74) is 2.31. The van der Waals surface area contributed by atoms with E-state index in [0.29, 0.717) is 25.3 Å². The molecule has 5 heterocycles. The molecule has 2 aliphatic heterocycles. The Hall–Kier alpha value is -2.65. The minimum atomic E-state index is -0.268. The van der Waals surface area contributed by atoms with E-state index in [0.717, 1.165) is 55.3 Å². The molecule has 0 N–H and O–H groups in total. The molecule has 0 aliphatic carbocycles. The molecule has 2 fully saturated rings. The lowest BCUT2D eigenvalue weighted by Gasteiger charge is -2.29. The maximum atomic E-state index is 14.1. The highest BCUT2D eigenvalue weighted by Crippen LogP contribution is 2.34. The first kappa shape index (κ1) is 18.4. The van der Waals surface area contributed by atoms with E-state index in [1.54, 1.807) is 18.6 Å². The molecule has 0 radical (unpaired) electrons. The van der Waals surface area contributed by atoms with Crippen LogP contribution in [-0.2, 0) is 18.3 Å². The van der Waals surface area contributed by atoms with E-state index in [1.165, 1.54) is 6.20 Å². The van der Waals surface area contributed by atoms with Gasteiger partial charge in [-0.25, -0.2) is 19.3 Å². The van der Waals surface area contributed by atoms with E-state index in [1.807, 2.05) is 11.6 Å². The monoisotopic (exact) mass is 397 g/mol. The summed E-state index contributed by atoms with van der Waals surface area (Å²) in [4.78, 5) is 22.7. The third kappa shape index (κ3) is 3.44. The number of anilines is 1. The molecule has 0 saturated carbocycles. The highest BCUT2D eigenvalue weighted by Gasteiger charge is 2.31. The number of ether oxygens (including phenoxy) is 1. The fourth-order valence-corrected chi connectivity index (χ4v) is 4.21. The highest BCUT2D eigenvalue weighted by molar-refractivity contribution is 5.83. The standard InChI is InChI=1S/C20H24FN7O/c1-26-13-23-17-19(26)24-18(25-20(17)27-7-9-29-10-8-27)16-3-2-6-28(16)12-14-4-5-22-11-15(14)21/h4-5,11,13,16H,2-3,6-10,12H2,1H3. The molecular formula is C20H24FN7O. The molecule has 152 valence electrons. The zero-order valence-corrected chi connectivity index (χ0v) is 16.5. The predicted molar refractivity (Wildman–Crippen MR) is 106 cm³/mol. The van der Waals surface area contributed by atoms with Gasteiger partial charge in [-0.05, 0) is 25.5 Å². The molecule has 3 aromatic rings. The van der Waals surface area contributed by atoms with Crippen molar-refractivity contribution in [1.82, 2.24) is 29.4 Å². The maximum Gasteiger partial charge on any atom is 0.165 e. The molecule has 8 nitrogen and oxygen atoms in total. The highest BCUT2D eigenvalue weighted by atomic mass is 19.1. The Kier molecular flexibility index (Phi) is 4.84. The number of nitrogens with zero attached hydrogens (tertiary/aromatic N) is 7. The number of likely N-dealkylation sites (tertiary alicyclic amines) is 1. The number of morpholine rings is 1. The molecule has 1 unspecified atom stereocenters. The van der Waals surface area contributed by atoms with E-state index in [2.05, 4.69) is 19.8 Å². The SMILES string of the molecule is Cn1cnc2c(N3CCOCC3)nc(C3CCCN3Cc3ccncc3F)nc21. The zero-order valence-electron chi connectivity index (χ0n) is 16.5. The average Bonchev–Trinajstić information content (AvgIpc) is 3.36. The van der Waals surface area contributed by atoms with Crippen LogP contribution in [0.1, 0.15) is 30.3 Å². The van der Waals surface area contributed by atoms with Gasteiger partial charge in [0.1, 0.15) is 11.6 Å². The summed E-state index contributed by atoms with van der Waals surface area (Å²) in [5, 5.41) is 0. The van der Waals surface area contributed by atoms with Crippen molar-refractivity contribution in [3.8, 4) is 0 Å². The summed E-state index contributed by atoms with van der Waals surface area (Å²) in [6.45, 7) is 4.37. The maximum absolute atomic E-state index is 14.1. The Labute approximate surface area is 168 Å². The normalized spacial score (nSPS) is 20.6. The van der Waals surface area contributed by atoms with Crippen LogP contribution in [0.25, 0.3) is 11.2 Å². The molecule has 5 rings (SSSR count). The third-order valence-electron chi connectivity index (χ3n) is 5.76. The van der Waals surface area contributed by atoms with Crippen LogP contribution in [0, 0.1) is 5.82 Å². The quantitative estimate of drug-likeness (QED) is 0.667. The lowest BCUT2D eigenvalue weighted by molar-refractivity contribution is 0.122. The molecule has 0 aromatic carbocycles. The van der Waals surface area contributed by atoms with Crippen molar-refractivity contribution >= 4 is 17.0 Å². The van der Waals surface area contributed by atoms with Gasteiger partial charge in [-0.2, -0.15) is 0 Å². The van der Waals surface area contributed by atoms with Crippen LogP contribution in [0.5, 0.6) is 0 Å². The fourth-order valence-electron chi connectivity index (χ4n) is 4.21. The van der Waals surface area contributed by atoms with Gasteiger partial charge in [0, 0.05) is 38.4 Å². The summed E-state index contributed by atoms with van der Waals surface area (Å²) in [7, 11) is 1.95. The van der Waals surface area contributed by atoms with Gasteiger partial charge in [0.25, 0.3) is 0 Å². The Morgan fingerprint density at radius 1 is 1.21 bits per heavy atom. The first-order chi connectivity index (χ1) is 14.2. The second-order valence-electron chi connectivity index (χ2n) is 7.63. The number of rotatable bonds is 4. The van der Waals surface area contributed by atoms with E-state index < -0.39 is 0 Å². The summed E-state index contributed by atoms with van der Waals surface area (Å²) in [6.07, 6.45) is 6.69. The second kappa shape index (κ2) is 7.64. The number of hydrogen-bond acceptors (Lipinski definition) is 7. The van der Waals surface area contributed by atoms with E-state index in [9.17, 15) is 4.39 Å². The number of hydrogen-bond donors (Lipinski definition) is 0. The van der Waals surface area contributed by atoms with Crippen molar-refractivity contribution < 1.29 is 9.13 Å². The van der Waals surface area contributed by atoms with Crippen LogP contribution in [-0.4, -0.2) is 62.3 Å². The van der Waals surface area contributed by atoms with Crippen molar-refractivity contribution in [2.45, 2.75) is 25.4 Å². The van der Waals surface area contributed by atoms with Crippen molar-refractivity contribution in [3.63, 3.8) is 0 Å². The second-order valence-corrected chi connectivity index (χ2v) is 7.63. The minimum Gasteiger partial charge on any atom is -0.378 e. The first-order valence-corrected chi connectivity index (χ1v) is 10.0. The Morgan fingerprint density at radius 3 is 2.90 bits per heavy atom. The molecule has 0 spiro atoms. The molecule has 2 saturated heterocycles. The Bertz CT molecular complexity index is 1020. The van der Waals surface area contributed by atoms with E-state index in [-0.39, 0.29) is 11.9 Å². The van der Waals surface area contributed by atoms with Gasteiger partial charge in [0.05, 0.1) is 31.8 Å².